The number of rotatable bonds is 3. The molecule has 0 radical (unpaired) electrons. The molecule has 0 fully saturated rings. The van der Waals surface area contributed by atoms with E-state index in [1.807, 2.05) is 0 Å². The van der Waals surface area contributed by atoms with Gasteiger partial charge in [-0.05, 0) is 55.4 Å². The number of anilines is 1. The Labute approximate surface area is 136 Å². The zero-order valence-corrected chi connectivity index (χ0v) is 14.0. The molecular weight excluding hydrogens is 311 g/mol. The van der Waals surface area contributed by atoms with E-state index in [1.54, 1.807) is 6.07 Å². The van der Waals surface area contributed by atoms with Crippen molar-refractivity contribution in [2.75, 3.05) is 11.9 Å². The van der Waals surface area contributed by atoms with Gasteiger partial charge < -0.3 is 5.32 Å². The lowest BCUT2D eigenvalue weighted by Gasteiger charge is -2.35. The van der Waals surface area contributed by atoms with E-state index in [0.29, 0.717) is 12.2 Å². The summed E-state index contributed by atoms with van der Waals surface area (Å²) in [4.78, 5) is 0. The summed E-state index contributed by atoms with van der Waals surface area (Å²) in [5, 5.41) is 3.16. The molecule has 0 bridgehead atoms. The van der Waals surface area contributed by atoms with Crippen molar-refractivity contribution in [3.05, 3.63) is 41.0 Å². The van der Waals surface area contributed by atoms with Gasteiger partial charge in [-0.15, -0.1) is 12.4 Å². The van der Waals surface area contributed by atoms with Crippen molar-refractivity contribution in [2.45, 2.75) is 46.2 Å². The van der Waals surface area contributed by atoms with Gasteiger partial charge in [0.15, 0.2) is 0 Å². The largest absolute Gasteiger partial charge is 0.416 e. The number of alkyl halides is 3. The van der Waals surface area contributed by atoms with E-state index in [1.165, 1.54) is 29.7 Å². The van der Waals surface area contributed by atoms with Crippen molar-refractivity contribution < 1.29 is 13.2 Å². The summed E-state index contributed by atoms with van der Waals surface area (Å²) in [7, 11) is 0. The van der Waals surface area contributed by atoms with Gasteiger partial charge >= 0.3 is 6.18 Å². The van der Waals surface area contributed by atoms with Crippen molar-refractivity contribution in [3.8, 4) is 0 Å². The van der Waals surface area contributed by atoms with Crippen molar-refractivity contribution in [1.29, 1.82) is 0 Å². The zero-order valence-electron chi connectivity index (χ0n) is 13.2. The highest BCUT2D eigenvalue weighted by Gasteiger charge is 2.31. The standard InChI is InChI=1S/C17H22F3N.ClH/c1-12-6-5-9-16(2,3)15(12)11-21-14-8-4-7-13(10-14)17(18,19)20;/h4,7-8,10,21H,5-6,9,11H2,1-3H3;1H. The molecule has 0 saturated carbocycles. The first kappa shape index (κ1) is 18.9. The van der Waals surface area contributed by atoms with E-state index < -0.39 is 11.7 Å². The summed E-state index contributed by atoms with van der Waals surface area (Å²) in [6, 6.07) is 5.39. The van der Waals surface area contributed by atoms with Crippen LogP contribution in [0.25, 0.3) is 0 Å². The Bertz CT molecular complexity index is 547. The van der Waals surface area contributed by atoms with E-state index in [0.717, 1.165) is 18.9 Å². The minimum atomic E-state index is -4.29. The molecule has 0 unspecified atom stereocenters. The number of allylic oxidation sites excluding steroid dienone is 1. The molecule has 1 aromatic carbocycles. The van der Waals surface area contributed by atoms with Gasteiger partial charge in [0.1, 0.15) is 0 Å². The fourth-order valence-corrected chi connectivity index (χ4v) is 3.06. The number of benzene rings is 1. The molecule has 0 spiro atoms. The second-order valence-electron chi connectivity index (χ2n) is 6.43. The summed E-state index contributed by atoms with van der Waals surface area (Å²) in [5.41, 5.74) is 2.72. The molecule has 1 nitrogen and oxygen atoms in total. The highest BCUT2D eigenvalue weighted by Crippen LogP contribution is 2.40. The Kier molecular flexibility index (Phi) is 5.96. The summed E-state index contributed by atoms with van der Waals surface area (Å²) in [6.07, 6.45) is -0.893. The predicted octanol–water partition coefficient (Wildman–Crippen LogP) is 6.07. The maximum Gasteiger partial charge on any atom is 0.416 e. The normalized spacial score (nSPS) is 17.9. The lowest BCUT2D eigenvalue weighted by molar-refractivity contribution is -0.137. The molecule has 1 aliphatic rings. The van der Waals surface area contributed by atoms with Gasteiger partial charge in [-0.3, -0.25) is 0 Å². The van der Waals surface area contributed by atoms with Crippen LogP contribution < -0.4 is 5.32 Å². The molecule has 5 heteroatoms. The van der Waals surface area contributed by atoms with Crippen LogP contribution in [0.4, 0.5) is 18.9 Å². The maximum absolute atomic E-state index is 12.7. The first-order valence-electron chi connectivity index (χ1n) is 7.30. The third-order valence-electron chi connectivity index (χ3n) is 4.34. The minimum Gasteiger partial charge on any atom is -0.381 e. The van der Waals surface area contributed by atoms with Gasteiger partial charge in [-0.25, -0.2) is 0 Å². The van der Waals surface area contributed by atoms with Gasteiger partial charge in [0.25, 0.3) is 0 Å². The van der Waals surface area contributed by atoms with Crippen LogP contribution >= 0.6 is 12.4 Å². The molecule has 1 N–H and O–H groups in total. The summed E-state index contributed by atoms with van der Waals surface area (Å²) in [6.45, 7) is 7.15. The van der Waals surface area contributed by atoms with Gasteiger partial charge in [0.2, 0.25) is 0 Å². The van der Waals surface area contributed by atoms with Gasteiger partial charge in [-0.1, -0.05) is 25.5 Å². The van der Waals surface area contributed by atoms with Crippen molar-refractivity contribution in [2.24, 2.45) is 5.41 Å². The van der Waals surface area contributed by atoms with E-state index >= 15 is 0 Å². The van der Waals surface area contributed by atoms with Crippen LogP contribution in [-0.4, -0.2) is 6.54 Å². The molecule has 124 valence electrons. The van der Waals surface area contributed by atoms with Crippen molar-refractivity contribution >= 4 is 18.1 Å². The SMILES string of the molecule is CC1=C(CNc2cccc(C(F)(F)F)c2)C(C)(C)CCC1.Cl. The summed E-state index contributed by atoms with van der Waals surface area (Å²) >= 11 is 0. The zero-order chi connectivity index (χ0) is 15.7. The number of halogens is 4. The molecular formula is C17H23ClF3N. The molecule has 0 aromatic heterocycles. The Morgan fingerprint density at radius 1 is 1.23 bits per heavy atom. The third-order valence-corrected chi connectivity index (χ3v) is 4.34. The van der Waals surface area contributed by atoms with Crippen LogP contribution in [0.5, 0.6) is 0 Å². The fourth-order valence-electron chi connectivity index (χ4n) is 3.06. The van der Waals surface area contributed by atoms with Crippen molar-refractivity contribution in [3.63, 3.8) is 0 Å². The molecule has 0 amide bonds. The second-order valence-corrected chi connectivity index (χ2v) is 6.43. The molecule has 22 heavy (non-hydrogen) atoms. The molecule has 0 atom stereocenters. The Hall–Kier alpha value is -1.16. The molecule has 1 aromatic rings. The third kappa shape index (κ3) is 4.42. The molecule has 1 aliphatic carbocycles. The average molecular weight is 334 g/mol. The highest BCUT2D eigenvalue weighted by molar-refractivity contribution is 5.85. The van der Waals surface area contributed by atoms with Crippen LogP contribution in [-0.2, 0) is 6.18 Å². The maximum atomic E-state index is 12.7. The molecule has 0 heterocycles. The Morgan fingerprint density at radius 3 is 2.50 bits per heavy atom. The van der Waals surface area contributed by atoms with Crippen LogP contribution in [0.15, 0.2) is 35.4 Å². The molecule has 2 rings (SSSR count). The predicted molar refractivity (Wildman–Crippen MR) is 87.5 cm³/mol. The first-order chi connectivity index (χ1) is 9.70. The number of hydrogen-bond acceptors (Lipinski definition) is 1. The van der Waals surface area contributed by atoms with Gasteiger partial charge in [0, 0.05) is 12.2 Å². The lowest BCUT2D eigenvalue weighted by atomic mass is 9.73. The van der Waals surface area contributed by atoms with E-state index in [4.69, 9.17) is 0 Å². The van der Waals surface area contributed by atoms with Crippen molar-refractivity contribution in [1.82, 2.24) is 0 Å². The van der Waals surface area contributed by atoms with Gasteiger partial charge in [0.05, 0.1) is 5.56 Å². The van der Waals surface area contributed by atoms with E-state index in [9.17, 15) is 13.2 Å². The summed E-state index contributed by atoms with van der Waals surface area (Å²) < 4.78 is 38.1. The topological polar surface area (TPSA) is 12.0 Å². The van der Waals surface area contributed by atoms with Crippen LogP contribution in [0, 0.1) is 5.41 Å². The van der Waals surface area contributed by atoms with E-state index in [2.05, 4.69) is 26.1 Å². The second kappa shape index (κ2) is 6.95. The molecule has 0 saturated heterocycles. The van der Waals surface area contributed by atoms with E-state index in [-0.39, 0.29) is 17.8 Å². The number of hydrogen-bond donors (Lipinski definition) is 1. The monoisotopic (exact) mass is 333 g/mol. The Morgan fingerprint density at radius 2 is 1.91 bits per heavy atom. The highest BCUT2D eigenvalue weighted by atomic mass is 35.5. The van der Waals surface area contributed by atoms with Crippen LogP contribution in [0.2, 0.25) is 0 Å². The van der Waals surface area contributed by atoms with Crippen LogP contribution in [0.1, 0.15) is 45.6 Å². The number of nitrogens with one attached hydrogen (secondary N) is 1. The lowest BCUT2D eigenvalue weighted by Crippen LogP contribution is -2.25. The van der Waals surface area contributed by atoms with Crippen LogP contribution in [0.3, 0.4) is 0 Å². The average Bonchev–Trinajstić information content (AvgIpc) is 2.36. The summed E-state index contributed by atoms with van der Waals surface area (Å²) in [5.74, 6) is 0. The minimum absolute atomic E-state index is 0. The van der Waals surface area contributed by atoms with Gasteiger partial charge in [-0.2, -0.15) is 13.2 Å². The molecule has 0 aliphatic heterocycles. The quantitative estimate of drug-likeness (QED) is 0.662. The Balaban J connectivity index is 0.00000242. The smallest absolute Gasteiger partial charge is 0.381 e. The fraction of sp³-hybridized carbons (Fsp3) is 0.529. The first-order valence-corrected chi connectivity index (χ1v) is 7.30.